The second kappa shape index (κ2) is 6.68. The lowest BCUT2D eigenvalue weighted by molar-refractivity contribution is 0.665. The molecule has 2 heterocycles. The van der Waals surface area contributed by atoms with Crippen LogP contribution in [0.15, 0.2) is 48.0 Å². The Labute approximate surface area is 114 Å². The molecular weight excluding hydrogens is 238 g/mol. The van der Waals surface area contributed by atoms with Gasteiger partial charge in [-0.05, 0) is 23.8 Å². The molecule has 0 aromatic carbocycles. The molecule has 0 fully saturated rings. The van der Waals surface area contributed by atoms with E-state index in [0.29, 0.717) is 0 Å². The smallest absolute Gasteiger partial charge is 0.191 e. The van der Waals surface area contributed by atoms with E-state index in [1.54, 1.807) is 7.05 Å². The fourth-order valence-corrected chi connectivity index (χ4v) is 1.89. The van der Waals surface area contributed by atoms with Crippen LogP contribution < -0.4 is 10.6 Å². The molecule has 0 spiro atoms. The summed E-state index contributed by atoms with van der Waals surface area (Å²) in [4.78, 5) is 4.21. The van der Waals surface area contributed by atoms with E-state index in [1.165, 1.54) is 5.56 Å². The fourth-order valence-electron chi connectivity index (χ4n) is 1.89. The van der Waals surface area contributed by atoms with Crippen LogP contribution in [0.1, 0.15) is 5.56 Å². The van der Waals surface area contributed by atoms with Gasteiger partial charge in [0.05, 0.1) is 0 Å². The van der Waals surface area contributed by atoms with Crippen molar-refractivity contribution in [2.45, 2.75) is 13.1 Å². The van der Waals surface area contributed by atoms with Gasteiger partial charge in [-0.3, -0.25) is 4.99 Å². The van der Waals surface area contributed by atoms with Gasteiger partial charge in [0.1, 0.15) is 0 Å². The number of aromatic nitrogens is 2. The molecule has 0 radical (unpaired) electrons. The molecule has 0 aliphatic heterocycles. The molecule has 2 rings (SSSR count). The van der Waals surface area contributed by atoms with Crippen LogP contribution in [0.2, 0.25) is 0 Å². The summed E-state index contributed by atoms with van der Waals surface area (Å²) in [7, 11) is 3.81. The predicted octanol–water partition coefficient (Wildman–Crippen LogP) is 1.19. The van der Waals surface area contributed by atoms with Gasteiger partial charge in [-0.1, -0.05) is 0 Å². The van der Waals surface area contributed by atoms with E-state index in [-0.39, 0.29) is 0 Å². The molecule has 0 atom stereocenters. The highest BCUT2D eigenvalue weighted by Gasteiger charge is 1.99. The van der Waals surface area contributed by atoms with Gasteiger partial charge in [-0.15, -0.1) is 0 Å². The van der Waals surface area contributed by atoms with Gasteiger partial charge in [0.25, 0.3) is 0 Å². The van der Waals surface area contributed by atoms with Crippen LogP contribution in [0.5, 0.6) is 0 Å². The van der Waals surface area contributed by atoms with Gasteiger partial charge in [-0.2, -0.15) is 0 Å². The number of hydrogen-bond donors (Lipinski definition) is 2. The van der Waals surface area contributed by atoms with Gasteiger partial charge in [-0.25, -0.2) is 0 Å². The average molecular weight is 259 g/mol. The minimum Gasteiger partial charge on any atom is -0.357 e. The summed E-state index contributed by atoms with van der Waals surface area (Å²) in [5.41, 5.74) is 1.25. The molecule has 0 aliphatic carbocycles. The summed E-state index contributed by atoms with van der Waals surface area (Å²) < 4.78 is 4.18. The quantitative estimate of drug-likeness (QED) is 0.626. The molecule has 0 saturated carbocycles. The van der Waals surface area contributed by atoms with Crippen molar-refractivity contribution in [1.29, 1.82) is 0 Å². The molecule has 5 nitrogen and oxygen atoms in total. The van der Waals surface area contributed by atoms with E-state index in [2.05, 4.69) is 44.8 Å². The summed E-state index contributed by atoms with van der Waals surface area (Å²) in [6.45, 7) is 2.56. The van der Waals surface area contributed by atoms with Crippen molar-refractivity contribution in [2.24, 2.45) is 12.0 Å². The molecule has 0 unspecified atom stereocenters. The second-order valence-electron chi connectivity index (χ2n) is 4.46. The van der Waals surface area contributed by atoms with Crippen molar-refractivity contribution in [2.75, 3.05) is 13.6 Å². The molecule has 102 valence electrons. The lowest BCUT2D eigenvalue weighted by Gasteiger charge is -2.11. The number of aryl methyl sites for hydroxylation is 1. The summed E-state index contributed by atoms with van der Waals surface area (Å²) in [5.74, 6) is 0.830. The number of nitrogens with one attached hydrogen (secondary N) is 2. The van der Waals surface area contributed by atoms with Crippen LogP contribution in [-0.4, -0.2) is 28.7 Å². The van der Waals surface area contributed by atoms with Gasteiger partial charge in [0.2, 0.25) is 0 Å². The molecule has 2 aromatic rings. The van der Waals surface area contributed by atoms with E-state index in [0.717, 1.165) is 25.6 Å². The molecule has 0 bridgehead atoms. The Bertz CT molecular complexity index is 510. The van der Waals surface area contributed by atoms with E-state index < -0.39 is 0 Å². The highest BCUT2D eigenvalue weighted by atomic mass is 15.2. The van der Waals surface area contributed by atoms with Crippen LogP contribution in [0.4, 0.5) is 0 Å². The first-order valence-electron chi connectivity index (χ1n) is 6.44. The van der Waals surface area contributed by atoms with E-state index in [9.17, 15) is 0 Å². The maximum atomic E-state index is 4.21. The standard InChI is InChI=1S/C14H21N5/c1-15-14(16-6-10-19-7-3-4-8-19)17-11-13-5-9-18(2)12-13/h3-5,7-9,12H,6,10-11H2,1-2H3,(H2,15,16,17). The third-order valence-corrected chi connectivity index (χ3v) is 2.91. The highest BCUT2D eigenvalue weighted by Crippen LogP contribution is 1.98. The van der Waals surface area contributed by atoms with Gasteiger partial charge < -0.3 is 19.8 Å². The third kappa shape index (κ3) is 4.21. The van der Waals surface area contributed by atoms with Crippen LogP contribution in [0, 0.1) is 0 Å². The monoisotopic (exact) mass is 259 g/mol. The zero-order valence-electron chi connectivity index (χ0n) is 11.5. The SMILES string of the molecule is CN=C(NCCn1cccc1)NCc1ccn(C)c1. The highest BCUT2D eigenvalue weighted by molar-refractivity contribution is 5.79. The number of guanidine groups is 1. The lowest BCUT2D eigenvalue weighted by atomic mass is 10.3. The maximum Gasteiger partial charge on any atom is 0.191 e. The second-order valence-corrected chi connectivity index (χ2v) is 4.46. The largest absolute Gasteiger partial charge is 0.357 e. The molecular formula is C14H21N5. The van der Waals surface area contributed by atoms with Gasteiger partial charge in [0, 0.05) is 58.5 Å². The van der Waals surface area contributed by atoms with Gasteiger partial charge >= 0.3 is 0 Å². The van der Waals surface area contributed by atoms with Crippen molar-refractivity contribution >= 4 is 5.96 Å². The predicted molar refractivity (Wildman–Crippen MR) is 78.0 cm³/mol. The lowest BCUT2D eigenvalue weighted by Crippen LogP contribution is -2.38. The van der Waals surface area contributed by atoms with Crippen LogP contribution in [0.25, 0.3) is 0 Å². The Balaban J connectivity index is 1.71. The fraction of sp³-hybridized carbons (Fsp3) is 0.357. The molecule has 2 aromatic heterocycles. The number of nitrogens with zero attached hydrogens (tertiary/aromatic N) is 3. The Kier molecular flexibility index (Phi) is 4.66. The first-order valence-corrected chi connectivity index (χ1v) is 6.44. The van der Waals surface area contributed by atoms with Crippen LogP contribution >= 0.6 is 0 Å². The molecule has 0 saturated heterocycles. The first kappa shape index (κ1) is 13.3. The Hall–Kier alpha value is -2.17. The Morgan fingerprint density at radius 1 is 1.21 bits per heavy atom. The summed E-state index contributed by atoms with van der Waals surface area (Å²) in [5, 5.41) is 6.59. The van der Waals surface area contributed by atoms with Crippen LogP contribution in [0.3, 0.4) is 0 Å². The van der Waals surface area contributed by atoms with Crippen molar-refractivity contribution in [3.63, 3.8) is 0 Å². The summed E-state index contributed by atoms with van der Waals surface area (Å²) in [6.07, 6.45) is 8.25. The molecule has 5 heteroatoms. The number of aliphatic imine (C=N–C) groups is 1. The summed E-state index contributed by atoms with van der Waals surface area (Å²) in [6, 6.07) is 6.16. The van der Waals surface area contributed by atoms with Crippen molar-refractivity contribution < 1.29 is 0 Å². The van der Waals surface area contributed by atoms with Gasteiger partial charge in [0.15, 0.2) is 5.96 Å². The normalized spacial score (nSPS) is 11.6. The molecule has 19 heavy (non-hydrogen) atoms. The topological polar surface area (TPSA) is 46.3 Å². The minimum atomic E-state index is 0.782. The Morgan fingerprint density at radius 2 is 2.00 bits per heavy atom. The molecule has 2 N–H and O–H groups in total. The summed E-state index contributed by atoms with van der Waals surface area (Å²) >= 11 is 0. The molecule has 0 amide bonds. The Morgan fingerprint density at radius 3 is 2.63 bits per heavy atom. The zero-order valence-corrected chi connectivity index (χ0v) is 11.5. The van der Waals surface area contributed by atoms with E-state index in [4.69, 9.17) is 0 Å². The third-order valence-electron chi connectivity index (χ3n) is 2.91. The average Bonchev–Trinajstić information content (AvgIpc) is 3.05. The minimum absolute atomic E-state index is 0.782. The molecule has 0 aliphatic rings. The van der Waals surface area contributed by atoms with Crippen LogP contribution in [-0.2, 0) is 20.1 Å². The number of rotatable bonds is 5. The van der Waals surface area contributed by atoms with E-state index >= 15 is 0 Å². The van der Waals surface area contributed by atoms with Crippen molar-refractivity contribution in [3.8, 4) is 0 Å². The number of hydrogen-bond acceptors (Lipinski definition) is 1. The van der Waals surface area contributed by atoms with E-state index in [1.807, 2.05) is 29.9 Å². The first-order chi connectivity index (χ1) is 9.28. The van der Waals surface area contributed by atoms with Crippen molar-refractivity contribution in [1.82, 2.24) is 19.8 Å². The van der Waals surface area contributed by atoms with Crippen molar-refractivity contribution in [3.05, 3.63) is 48.5 Å². The maximum absolute atomic E-state index is 4.21. The zero-order chi connectivity index (χ0) is 13.5.